The highest BCUT2D eigenvalue weighted by Crippen LogP contribution is 2.28. The first-order chi connectivity index (χ1) is 13.8. The zero-order valence-electron chi connectivity index (χ0n) is 16.1. The van der Waals surface area contributed by atoms with E-state index < -0.39 is 21.9 Å². The Morgan fingerprint density at radius 1 is 1.10 bits per heavy atom. The van der Waals surface area contributed by atoms with Gasteiger partial charge in [-0.25, -0.2) is 17.9 Å². The van der Waals surface area contributed by atoms with Crippen LogP contribution in [0, 0.1) is 0 Å². The number of hydrogen-bond acceptors (Lipinski definition) is 6. The first-order valence-electron chi connectivity index (χ1n) is 9.13. The molecule has 29 heavy (non-hydrogen) atoms. The second kappa shape index (κ2) is 8.62. The number of nitrogens with one attached hydrogen (secondary N) is 2. The molecule has 154 valence electrons. The molecule has 0 aromatic heterocycles. The van der Waals surface area contributed by atoms with Crippen molar-refractivity contribution in [2.75, 3.05) is 19.0 Å². The van der Waals surface area contributed by atoms with Gasteiger partial charge in [0, 0.05) is 17.3 Å². The van der Waals surface area contributed by atoms with Crippen LogP contribution in [0.1, 0.15) is 40.5 Å². The zero-order chi connectivity index (χ0) is 21.0. The maximum atomic E-state index is 12.7. The lowest BCUT2D eigenvalue weighted by atomic mass is 10.1. The van der Waals surface area contributed by atoms with Gasteiger partial charge in [0.25, 0.3) is 5.91 Å². The number of amides is 1. The summed E-state index contributed by atoms with van der Waals surface area (Å²) in [5.74, 6) is -0.858. The molecule has 1 aliphatic rings. The van der Waals surface area contributed by atoms with Crippen LogP contribution in [0.15, 0.2) is 47.4 Å². The minimum absolute atomic E-state index is 0.0761. The van der Waals surface area contributed by atoms with Crippen molar-refractivity contribution in [1.29, 1.82) is 0 Å². The molecular formula is C20H22N2O6S. The van der Waals surface area contributed by atoms with E-state index in [0.29, 0.717) is 11.3 Å². The molecule has 1 fully saturated rings. The van der Waals surface area contributed by atoms with Crippen molar-refractivity contribution in [2.45, 2.75) is 30.7 Å². The fourth-order valence-electron chi connectivity index (χ4n) is 2.65. The Morgan fingerprint density at radius 2 is 1.86 bits per heavy atom. The first kappa shape index (κ1) is 20.8. The van der Waals surface area contributed by atoms with Crippen molar-refractivity contribution in [2.24, 2.45) is 0 Å². The summed E-state index contributed by atoms with van der Waals surface area (Å²) in [6.07, 6.45) is 1.58. The van der Waals surface area contributed by atoms with E-state index in [9.17, 15) is 18.0 Å². The monoisotopic (exact) mass is 418 g/mol. The smallest absolute Gasteiger partial charge is 0.338 e. The van der Waals surface area contributed by atoms with Gasteiger partial charge in [0.2, 0.25) is 10.0 Å². The molecule has 0 saturated heterocycles. The standard InChI is InChI=1S/C20H22N2O6S/c1-3-28-20(24)14-5-4-6-16(11-14)21-19(23)13-7-10-17(27-2)18(12-13)29(25,26)22-15-8-9-15/h4-7,10-12,15,22H,3,8-9H2,1-2H3,(H,21,23). The van der Waals surface area contributed by atoms with Crippen molar-refractivity contribution >= 4 is 27.6 Å². The summed E-state index contributed by atoms with van der Waals surface area (Å²) in [4.78, 5) is 24.4. The molecule has 0 atom stereocenters. The van der Waals surface area contributed by atoms with Gasteiger partial charge in [-0.2, -0.15) is 0 Å². The molecule has 0 aliphatic heterocycles. The number of esters is 1. The number of ether oxygens (including phenoxy) is 2. The highest BCUT2D eigenvalue weighted by molar-refractivity contribution is 7.89. The minimum atomic E-state index is -3.81. The van der Waals surface area contributed by atoms with Gasteiger partial charge in [0.15, 0.2) is 0 Å². The predicted molar refractivity (Wildman–Crippen MR) is 107 cm³/mol. The van der Waals surface area contributed by atoms with Crippen LogP contribution in [0.5, 0.6) is 5.75 Å². The van der Waals surface area contributed by atoms with Crippen molar-refractivity contribution < 1.29 is 27.5 Å². The van der Waals surface area contributed by atoms with Crippen LogP contribution in [0.3, 0.4) is 0 Å². The highest BCUT2D eigenvalue weighted by atomic mass is 32.2. The summed E-state index contributed by atoms with van der Waals surface area (Å²) >= 11 is 0. The Kier molecular flexibility index (Phi) is 6.19. The number of benzene rings is 2. The average molecular weight is 418 g/mol. The Hall–Kier alpha value is -2.91. The summed E-state index contributed by atoms with van der Waals surface area (Å²) < 4.78 is 37.9. The lowest BCUT2D eigenvalue weighted by Gasteiger charge is -2.12. The average Bonchev–Trinajstić information content (AvgIpc) is 3.51. The molecule has 2 aromatic carbocycles. The molecule has 0 radical (unpaired) electrons. The van der Waals surface area contributed by atoms with Crippen LogP contribution >= 0.6 is 0 Å². The van der Waals surface area contributed by atoms with Gasteiger partial charge >= 0.3 is 5.97 Å². The van der Waals surface area contributed by atoms with Crippen LogP contribution in [0.2, 0.25) is 0 Å². The molecule has 2 aromatic rings. The minimum Gasteiger partial charge on any atom is -0.495 e. The molecule has 8 nitrogen and oxygen atoms in total. The Balaban J connectivity index is 1.83. The lowest BCUT2D eigenvalue weighted by molar-refractivity contribution is 0.0526. The normalized spacial score (nSPS) is 13.6. The fraction of sp³-hybridized carbons (Fsp3) is 0.300. The molecule has 0 heterocycles. The number of rotatable bonds is 8. The molecule has 0 spiro atoms. The van der Waals surface area contributed by atoms with Crippen LogP contribution in [-0.4, -0.2) is 40.1 Å². The fourth-order valence-corrected chi connectivity index (χ4v) is 4.15. The number of anilines is 1. The number of sulfonamides is 1. The van der Waals surface area contributed by atoms with Crippen LogP contribution in [-0.2, 0) is 14.8 Å². The SMILES string of the molecule is CCOC(=O)c1cccc(NC(=O)c2ccc(OC)c(S(=O)(=O)NC3CC3)c2)c1. The van der Waals surface area contributed by atoms with Gasteiger partial charge in [0.05, 0.1) is 19.3 Å². The van der Waals surface area contributed by atoms with Crippen molar-refractivity contribution in [3.63, 3.8) is 0 Å². The Labute approximate surface area is 169 Å². The molecule has 1 aliphatic carbocycles. The molecule has 1 saturated carbocycles. The number of hydrogen-bond donors (Lipinski definition) is 2. The van der Waals surface area contributed by atoms with E-state index in [1.54, 1.807) is 25.1 Å². The van der Waals surface area contributed by atoms with Crippen molar-refractivity contribution in [1.82, 2.24) is 4.72 Å². The molecular weight excluding hydrogens is 396 g/mol. The topological polar surface area (TPSA) is 111 Å². The van der Waals surface area contributed by atoms with E-state index in [0.717, 1.165) is 12.8 Å². The highest BCUT2D eigenvalue weighted by Gasteiger charge is 2.30. The summed E-state index contributed by atoms with van der Waals surface area (Å²) in [5.41, 5.74) is 0.830. The third-order valence-corrected chi connectivity index (χ3v) is 5.79. The van der Waals surface area contributed by atoms with Crippen LogP contribution < -0.4 is 14.8 Å². The van der Waals surface area contributed by atoms with Gasteiger partial charge in [-0.3, -0.25) is 4.79 Å². The molecule has 0 bridgehead atoms. The van der Waals surface area contributed by atoms with Gasteiger partial charge in [-0.15, -0.1) is 0 Å². The number of methoxy groups -OCH3 is 1. The maximum Gasteiger partial charge on any atom is 0.338 e. The van der Waals surface area contributed by atoms with E-state index in [4.69, 9.17) is 9.47 Å². The quantitative estimate of drug-likeness (QED) is 0.638. The number of carbonyl (C=O) groups is 2. The van der Waals surface area contributed by atoms with E-state index in [1.807, 2.05) is 0 Å². The number of carbonyl (C=O) groups excluding carboxylic acids is 2. The first-order valence-corrected chi connectivity index (χ1v) is 10.6. The Morgan fingerprint density at radius 3 is 2.52 bits per heavy atom. The van der Waals surface area contributed by atoms with E-state index in [2.05, 4.69) is 10.0 Å². The van der Waals surface area contributed by atoms with Gasteiger partial charge in [-0.05, 0) is 56.2 Å². The third kappa shape index (κ3) is 5.12. The molecule has 1 amide bonds. The van der Waals surface area contributed by atoms with Gasteiger partial charge < -0.3 is 14.8 Å². The second-order valence-electron chi connectivity index (χ2n) is 6.52. The van der Waals surface area contributed by atoms with E-state index in [-0.39, 0.29) is 28.9 Å². The van der Waals surface area contributed by atoms with Gasteiger partial charge in [-0.1, -0.05) is 6.07 Å². The molecule has 0 unspecified atom stereocenters. The summed E-state index contributed by atoms with van der Waals surface area (Å²) in [6, 6.07) is 10.4. The van der Waals surface area contributed by atoms with Crippen molar-refractivity contribution in [3.05, 3.63) is 53.6 Å². The molecule has 2 N–H and O–H groups in total. The second-order valence-corrected chi connectivity index (χ2v) is 8.20. The summed E-state index contributed by atoms with van der Waals surface area (Å²) in [5, 5.41) is 2.66. The largest absolute Gasteiger partial charge is 0.495 e. The molecule has 9 heteroatoms. The summed E-state index contributed by atoms with van der Waals surface area (Å²) in [6.45, 7) is 1.95. The Bertz CT molecular complexity index is 1030. The van der Waals surface area contributed by atoms with Gasteiger partial charge in [0.1, 0.15) is 10.6 Å². The maximum absolute atomic E-state index is 12.7. The predicted octanol–water partition coefficient (Wildman–Crippen LogP) is 2.56. The lowest BCUT2D eigenvalue weighted by Crippen LogP contribution is -2.26. The van der Waals surface area contributed by atoms with Crippen molar-refractivity contribution in [3.8, 4) is 5.75 Å². The summed E-state index contributed by atoms with van der Waals surface area (Å²) in [7, 11) is -2.44. The van der Waals surface area contributed by atoms with E-state index in [1.165, 1.54) is 31.4 Å². The zero-order valence-corrected chi connectivity index (χ0v) is 16.9. The van der Waals surface area contributed by atoms with Crippen LogP contribution in [0.25, 0.3) is 0 Å². The van der Waals surface area contributed by atoms with E-state index >= 15 is 0 Å². The molecule has 3 rings (SSSR count). The van der Waals surface area contributed by atoms with Crippen LogP contribution in [0.4, 0.5) is 5.69 Å². The third-order valence-electron chi connectivity index (χ3n) is 4.25.